The quantitative estimate of drug-likeness (QED) is 0.904. The van der Waals surface area contributed by atoms with Gasteiger partial charge in [-0.1, -0.05) is 22.0 Å². The molecule has 78 valence electrons. The Kier molecular flexibility index (Phi) is 4.51. The van der Waals surface area contributed by atoms with E-state index in [0.29, 0.717) is 11.1 Å². The zero-order valence-electron chi connectivity index (χ0n) is 7.84. The molecule has 1 N–H and O–H groups in total. The molecule has 0 aromatic heterocycles. The molecule has 2 nitrogen and oxygen atoms in total. The van der Waals surface area contributed by atoms with Crippen LogP contribution in [0.2, 0.25) is 0 Å². The van der Waals surface area contributed by atoms with E-state index in [1.54, 1.807) is 12.1 Å². The van der Waals surface area contributed by atoms with Gasteiger partial charge in [-0.05, 0) is 19.1 Å². The summed E-state index contributed by atoms with van der Waals surface area (Å²) in [7, 11) is 0. The summed E-state index contributed by atoms with van der Waals surface area (Å²) in [6.45, 7) is 2.43. The third-order valence-corrected chi connectivity index (χ3v) is 2.50. The van der Waals surface area contributed by atoms with Crippen molar-refractivity contribution in [1.29, 1.82) is 0 Å². The first-order valence-corrected chi connectivity index (χ1v) is 5.15. The number of halogens is 2. The maximum atomic E-state index is 13.3. The van der Waals surface area contributed by atoms with Crippen molar-refractivity contribution >= 4 is 15.9 Å². The predicted octanol–water partition coefficient (Wildman–Crippen LogP) is 2.66. The highest BCUT2D eigenvalue weighted by atomic mass is 79.9. The molecule has 0 heterocycles. The molecule has 0 bridgehead atoms. The first-order valence-electron chi connectivity index (χ1n) is 4.36. The van der Waals surface area contributed by atoms with Crippen LogP contribution < -0.4 is 0 Å². The molecule has 0 aliphatic heterocycles. The molecule has 0 saturated carbocycles. The monoisotopic (exact) mass is 262 g/mol. The Morgan fingerprint density at radius 1 is 1.57 bits per heavy atom. The molecule has 1 rings (SSSR count). The van der Waals surface area contributed by atoms with Crippen LogP contribution in [0.4, 0.5) is 4.39 Å². The maximum Gasteiger partial charge on any atom is 0.130 e. The minimum absolute atomic E-state index is 0.107. The fourth-order valence-electron chi connectivity index (χ4n) is 1.14. The Morgan fingerprint density at radius 3 is 2.86 bits per heavy atom. The molecule has 1 aromatic carbocycles. The van der Waals surface area contributed by atoms with E-state index in [9.17, 15) is 9.50 Å². The molecule has 0 spiro atoms. The second-order valence-electron chi connectivity index (χ2n) is 2.81. The Labute approximate surface area is 90.8 Å². The van der Waals surface area contributed by atoms with Gasteiger partial charge in [0.15, 0.2) is 0 Å². The highest BCUT2D eigenvalue weighted by Crippen LogP contribution is 2.26. The van der Waals surface area contributed by atoms with E-state index >= 15 is 0 Å². The highest BCUT2D eigenvalue weighted by Gasteiger charge is 2.15. The molecule has 1 atom stereocenters. The summed E-state index contributed by atoms with van der Waals surface area (Å²) in [5.74, 6) is -0.424. The zero-order chi connectivity index (χ0) is 10.6. The fourth-order valence-corrected chi connectivity index (χ4v) is 1.75. The van der Waals surface area contributed by atoms with Gasteiger partial charge in [-0.15, -0.1) is 0 Å². The number of hydrogen-bond acceptors (Lipinski definition) is 2. The van der Waals surface area contributed by atoms with E-state index in [0.717, 1.165) is 0 Å². The van der Waals surface area contributed by atoms with E-state index < -0.39 is 11.9 Å². The minimum Gasteiger partial charge on any atom is -0.386 e. The molecule has 0 saturated heterocycles. The predicted molar refractivity (Wildman–Crippen MR) is 55.6 cm³/mol. The van der Waals surface area contributed by atoms with E-state index in [1.807, 2.05) is 6.92 Å². The standard InChI is InChI=1S/C10H12BrFO2/c1-2-14-6-9(13)10-7(11)4-3-5-8(10)12/h3-5,9,13H,2,6H2,1H3. The number of rotatable bonds is 4. The van der Waals surface area contributed by atoms with E-state index in [-0.39, 0.29) is 12.2 Å². The van der Waals surface area contributed by atoms with Gasteiger partial charge in [-0.3, -0.25) is 0 Å². The molecular formula is C10H12BrFO2. The Bertz CT molecular complexity index is 284. The van der Waals surface area contributed by atoms with Crippen LogP contribution in [-0.2, 0) is 4.74 Å². The molecule has 0 radical (unpaired) electrons. The molecular weight excluding hydrogens is 251 g/mol. The number of aliphatic hydroxyl groups is 1. The lowest BCUT2D eigenvalue weighted by molar-refractivity contribution is 0.0397. The number of ether oxygens (including phenoxy) is 1. The minimum atomic E-state index is -0.925. The van der Waals surface area contributed by atoms with Crippen LogP contribution in [0, 0.1) is 5.82 Å². The summed E-state index contributed by atoms with van der Waals surface area (Å²) in [5, 5.41) is 9.62. The second kappa shape index (κ2) is 5.44. The lowest BCUT2D eigenvalue weighted by Gasteiger charge is -2.13. The maximum absolute atomic E-state index is 13.3. The summed E-state index contributed by atoms with van der Waals surface area (Å²) in [4.78, 5) is 0. The molecule has 14 heavy (non-hydrogen) atoms. The highest BCUT2D eigenvalue weighted by molar-refractivity contribution is 9.10. The van der Waals surface area contributed by atoms with Gasteiger partial charge in [0, 0.05) is 16.6 Å². The van der Waals surface area contributed by atoms with Crippen LogP contribution in [0.15, 0.2) is 22.7 Å². The number of hydrogen-bond donors (Lipinski definition) is 1. The van der Waals surface area contributed by atoms with Crippen molar-refractivity contribution < 1.29 is 14.2 Å². The van der Waals surface area contributed by atoms with Crippen LogP contribution in [0.25, 0.3) is 0 Å². The molecule has 0 aliphatic rings. The van der Waals surface area contributed by atoms with Crippen molar-refractivity contribution in [2.24, 2.45) is 0 Å². The Morgan fingerprint density at radius 2 is 2.29 bits per heavy atom. The normalized spacial score (nSPS) is 12.9. The van der Waals surface area contributed by atoms with Crippen molar-refractivity contribution in [2.45, 2.75) is 13.0 Å². The average molecular weight is 263 g/mol. The largest absolute Gasteiger partial charge is 0.386 e. The van der Waals surface area contributed by atoms with Gasteiger partial charge in [0.05, 0.1) is 6.61 Å². The summed E-state index contributed by atoms with van der Waals surface area (Å²) in [6.07, 6.45) is -0.925. The average Bonchev–Trinajstić information content (AvgIpc) is 2.14. The first kappa shape index (κ1) is 11.6. The number of benzene rings is 1. The smallest absolute Gasteiger partial charge is 0.130 e. The van der Waals surface area contributed by atoms with Gasteiger partial charge in [0.25, 0.3) is 0 Å². The van der Waals surface area contributed by atoms with E-state index in [4.69, 9.17) is 4.74 Å². The van der Waals surface area contributed by atoms with Crippen LogP contribution in [0.5, 0.6) is 0 Å². The summed E-state index contributed by atoms with van der Waals surface area (Å²) in [5.41, 5.74) is 0.251. The van der Waals surface area contributed by atoms with E-state index in [2.05, 4.69) is 15.9 Å². The van der Waals surface area contributed by atoms with Gasteiger partial charge in [-0.25, -0.2) is 4.39 Å². The van der Waals surface area contributed by atoms with Gasteiger partial charge < -0.3 is 9.84 Å². The molecule has 4 heteroatoms. The van der Waals surface area contributed by atoms with Gasteiger partial charge in [-0.2, -0.15) is 0 Å². The van der Waals surface area contributed by atoms with Crippen LogP contribution >= 0.6 is 15.9 Å². The summed E-state index contributed by atoms with van der Waals surface area (Å²) in [6, 6.07) is 4.58. The Hall–Kier alpha value is -0.450. The molecule has 0 fully saturated rings. The summed E-state index contributed by atoms with van der Waals surface area (Å²) >= 11 is 3.18. The van der Waals surface area contributed by atoms with Crippen LogP contribution in [-0.4, -0.2) is 18.3 Å². The van der Waals surface area contributed by atoms with Gasteiger partial charge in [0.1, 0.15) is 11.9 Å². The van der Waals surface area contributed by atoms with E-state index in [1.165, 1.54) is 6.07 Å². The van der Waals surface area contributed by atoms with Crippen molar-refractivity contribution in [2.75, 3.05) is 13.2 Å². The Balaban J connectivity index is 2.82. The van der Waals surface area contributed by atoms with Crippen molar-refractivity contribution in [3.05, 3.63) is 34.1 Å². The van der Waals surface area contributed by atoms with Gasteiger partial charge >= 0.3 is 0 Å². The molecule has 0 aliphatic carbocycles. The third-order valence-electron chi connectivity index (χ3n) is 1.81. The van der Waals surface area contributed by atoms with Crippen LogP contribution in [0.3, 0.4) is 0 Å². The lowest BCUT2D eigenvalue weighted by atomic mass is 10.1. The second-order valence-corrected chi connectivity index (χ2v) is 3.66. The molecule has 1 unspecified atom stereocenters. The molecule has 1 aromatic rings. The van der Waals surface area contributed by atoms with Crippen LogP contribution in [0.1, 0.15) is 18.6 Å². The zero-order valence-corrected chi connectivity index (χ0v) is 9.42. The van der Waals surface area contributed by atoms with Gasteiger partial charge in [0.2, 0.25) is 0 Å². The molecule has 0 amide bonds. The summed E-state index contributed by atoms with van der Waals surface area (Å²) < 4.78 is 18.9. The van der Waals surface area contributed by atoms with Crippen molar-refractivity contribution in [3.63, 3.8) is 0 Å². The SMILES string of the molecule is CCOCC(O)c1c(F)cccc1Br. The topological polar surface area (TPSA) is 29.5 Å². The first-order chi connectivity index (χ1) is 6.66. The lowest BCUT2D eigenvalue weighted by Crippen LogP contribution is -2.09. The number of aliphatic hydroxyl groups excluding tert-OH is 1. The van der Waals surface area contributed by atoms with Crippen molar-refractivity contribution in [3.8, 4) is 0 Å². The van der Waals surface area contributed by atoms with Crippen molar-refractivity contribution in [1.82, 2.24) is 0 Å². The fraction of sp³-hybridized carbons (Fsp3) is 0.400. The third kappa shape index (κ3) is 2.77.